The standard InChI is InChI=1S/C15H18BrNO2S2/c1-12(15-4-3-10-20-15)17(2)9-11-21(18,19)14-7-5-13(16)6-8-14/h3-8,10,12H,9,11H2,1-2H3/t12-/m0/s1. The first-order chi connectivity index (χ1) is 9.90. The minimum Gasteiger partial charge on any atom is -0.298 e. The van der Waals surface area contributed by atoms with Crippen LogP contribution in [0, 0.1) is 0 Å². The van der Waals surface area contributed by atoms with E-state index in [1.807, 2.05) is 18.5 Å². The van der Waals surface area contributed by atoms with E-state index < -0.39 is 9.84 Å². The Labute approximate surface area is 138 Å². The lowest BCUT2D eigenvalue weighted by atomic mass is 10.2. The summed E-state index contributed by atoms with van der Waals surface area (Å²) in [7, 11) is -1.27. The van der Waals surface area contributed by atoms with Crippen LogP contribution in [0.2, 0.25) is 0 Å². The molecule has 114 valence electrons. The predicted octanol–water partition coefficient (Wildman–Crippen LogP) is 3.98. The molecule has 1 aromatic heterocycles. The fourth-order valence-corrected chi connectivity index (χ4v) is 4.39. The van der Waals surface area contributed by atoms with Gasteiger partial charge in [-0.3, -0.25) is 4.90 Å². The van der Waals surface area contributed by atoms with Gasteiger partial charge in [0.05, 0.1) is 10.6 Å². The number of halogens is 1. The Balaban J connectivity index is 2.00. The van der Waals surface area contributed by atoms with Crippen LogP contribution < -0.4 is 0 Å². The van der Waals surface area contributed by atoms with Crippen LogP contribution in [0.15, 0.2) is 51.1 Å². The van der Waals surface area contributed by atoms with E-state index in [9.17, 15) is 8.42 Å². The Bertz CT molecular complexity index is 666. The maximum Gasteiger partial charge on any atom is 0.179 e. The fraction of sp³-hybridized carbons (Fsp3) is 0.333. The molecule has 0 aliphatic rings. The lowest BCUT2D eigenvalue weighted by molar-refractivity contribution is 0.280. The summed E-state index contributed by atoms with van der Waals surface area (Å²) in [6.45, 7) is 2.61. The van der Waals surface area contributed by atoms with E-state index in [1.54, 1.807) is 35.6 Å². The molecule has 1 atom stereocenters. The molecule has 0 aliphatic heterocycles. The number of hydrogen-bond donors (Lipinski definition) is 0. The molecule has 1 heterocycles. The molecule has 0 fully saturated rings. The van der Waals surface area contributed by atoms with Gasteiger partial charge < -0.3 is 0 Å². The first kappa shape index (κ1) is 16.7. The van der Waals surface area contributed by atoms with Gasteiger partial charge in [0.15, 0.2) is 9.84 Å². The van der Waals surface area contributed by atoms with Crippen LogP contribution in [-0.4, -0.2) is 32.7 Å². The van der Waals surface area contributed by atoms with Crippen molar-refractivity contribution >= 4 is 37.1 Å². The lowest BCUT2D eigenvalue weighted by Crippen LogP contribution is -2.28. The monoisotopic (exact) mass is 387 g/mol. The summed E-state index contributed by atoms with van der Waals surface area (Å²) in [6.07, 6.45) is 0. The minimum atomic E-state index is -3.23. The second kappa shape index (κ2) is 7.05. The van der Waals surface area contributed by atoms with E-state index in [2.05, 4.69) is 33.8 Å². The summed E-state index contributed by atoms with van der Waals surface area (Å²) < 4.78 is 25.5. The molecule has 0 N–H and O–H groups in total. The number of thiophene rings is 1. The molecule has 1 aromatic carbocycles. The molecule has 0 spiro atoms. The Morgan fingerprint density at radius 1 is 1.24 bits per heavy atom. The van der Waals surface area contributed by atoms with Gasteiger partial charge in [-0.2, -0.15) is 0 Å². The lowest BCUT2D eigenvalue weighted by Gasteiger charge is -2.23. The van der Waals surface area contributed by atoms with Crippen molar-refractivity contribution in [2.45, 2.75) is 17.9 Å². The van der Waals surface area contributed by atoms with E-state index in [0.29, 0.717) is 11.4 Å². The molecule has 3 nitrogen and oxygen atoms in total. The summed E-state index contributed by atoms with van der Waals surface area (Å²) in [5.41, 5.74) is 0. The molecule has 0 radical (unpaired) electrons. The highest BCUT2D eigenvalue weighted by Crippen LogP contribution is 2.23. The zero-order valence-electron chi connectivity index (χ0n) is 12.0. The average molecular weight is 388 g/mol. The normalized spacial score (nSPS) is 13.5. The molecule has 6 heteroatoms. The largest absolute Gasteiger partial charge is 0.298 e. The predicted molar refractivity (Wildman–Crippen MR) is 91.6 cm³/mol. The molecular weight excluding hydrogens is 370 g/mol. The zero-order valence-corrected chi connectivity index (χ0v) is 15.2. The maximum atomic E-state index is 12.3. The van der Waals surface area contributed by atoms with Crippen LogP contribution >= 0.6 is 27.3 Å². The fourth-order valence-electron chi connectivity index (χ4n) is 1.96. The van der Waals surface area contributed by atoms with Gasteiger partial charge >= 0.3 is 0 Å². The first-order valence-corrected chi connectivity index (χ1v) is 9.94. The summed E-state index contributed by atoms with van der Waals surface area (Å²) >= 11 is 5.01. The molecule has 0 saturated carbocycles. The van der Waals surface area contributed by atoms with Crippen molar-refractivity contribution in [3.63, 3.8) is 0 Å². The third-order valence-corrected chi connectivity index (χ3v) is 6.78. The molecule has 0 unspecified atom stereocenters. The number of benzene rings is 1. The SMILES string of the molecule is C[C@@H](c1cccs1)N(C)CCS(=O)(=O)c1ccc(Br)cc1. The van der Waals surface area contributed by atoms with Crippen LogP contribution in [0.25, 0.3) is 0 Å². The molecule has 2 aromatic rings. The van der Waals surface area contributed by atoms with Crippen LogP contribution in [0.3, 0.4) is 0 Å². The molecule has 0 bridgehead atoms. The van der Waals surface area contributed by atoms with E-state index in [1.165, 1.54) is 4.88 Å². The summed E-state index contributed by atoms with van der Waals surface area (Å²) in [5.74, 6) is 0.126. The van der Waals surface area contributed by atoms with Crippen molar-refractivity contribution in [2.75, 3.05) is 19.3 Å². The first-order valence-electron chi connectivity index (χ1n) is 6.62. The number of hydrogen-bond acceptors (Lipinski definition) is 4. The molecule has 21 heavy (non-hydrogen) atoms. The topological polar surface area (TPSA) is 37.4 Å². The van der Waals surface area contributed by atoms with Crippen LogP contribution in [0.1, 0.15) is 17.8 Å². The quantitative estimate of drug-likeness (QED) is 0.751. The van der Waals surface area contributed by atoms with Crippen LogP contribution in [0.4, 0.5) is 0 Å². The van der Waals surface area contributed by atoms with Gasteiger partial charge in [0, 0.05) is 21.9 Å². The smallest absolute Gasteiger partial charge is 0.179 e. The Kier molecular flexibility index (Phi) is 5.60. The maximum absolute atomic E-state index is 12.3. The van der Waals surface area contributed by atoms with Crippen molar-refractivity contribution < 1.29 is 8.42 Å². The highest BCUT2D eigenvalue weighted by Gasteiger charge is 2.18. The van der Waals surface area contributed by atoms with Crippen molar-refractivity contribution in [1.82, 2.24) is 4.90 Å². The van der Waals surface area contributed by atoms with Gasteiger partial charge in [0.25, 0.3) is 0 Å². The molecule has 0 aliphatic carbocycles. The highest BCUT2D eigenvalue weighted by molar-refractivity contribution is 9.10. The van der Waals surface area contributed by atoms with Crippen LogP contribution in [0.5, 0.6) is 0 Å². The third kappa shape index (κ3) is 4.39. The molecule has 0 saturated heterocycles. The summed E-state index contributed by atoms with van der Waals surface area (Å²) in [6, 6.07) is 11.1. The highest BCUT2D eigenvalue weighted by atomic mass is 79.9. The second-order valence-corrected chi connectivity index (χ2v) is 8.95. The summed E-state index contributed by atoms with van der Waals surface area (Å²) in [4.78, 5) is 3.70. The zero-order chi connectivity index (χ0) is 15.5. The van der Waals surface area contributed by atoms with Gasteiger partial charge in [-0.25, -0.2) is 8.42 Å². The van der Waals surface area contributed by atoms with Gasteiger partial charge in [-0.1, -0.05) is 22.0 Å². The van der Waals surface area contributed by atoms with Gasteiger partial charge in [-0.05, 0) is 49.7 Å². The summed E-state index contributed by atoms with van der Waals surface area (Å²) in [5, 5.41) is 2.04. The van der Waals surface area contributed by atoms with Gasteiger partial charge in [-0.15, -0.1) is 11.3 Å². The molecule has 2 rings (SSSR count). The van der Waals surface area contributed by atoms with Crippen molar-refractivity contribution in [3.05, 3.63) is 51.1 Å². The Morgan fingerprint density at radius 3 is 2.48 bits per heavy atom. The van der Waals surface area contributed by atoms with Crippen molar-refractivity contribution in [1.29, 1.82) is 0 Å². The third-order valence-electron chi connectivity index (χ3n) is 3.50. The Morgan fingerprint density at radius 2 is 1.90 bits per heavy atom. The van der Waals surface area contributed by atoms with Crippen molar-refractivity contribution in [2.24, 2.45) is 0 Å². The van der Waals surface area contributed by atoms with Crippen molar-refractivity contribution in [3.8, 4) is 0 Å². The van der Waals surface area contributed by atoms with Gasteiger partial charge in [0.2, 0.25) is 0 Å². The molecular formula is C15H18BrNO2S2. The minimum absolute atomic E-state index is 0.126. The van der Waals surface area contributed by atoms with E-state index >= 15 is 0 Å². The van der Waals surface area contributed by atoms with Gasteiger partial charge in [0.1, 0.15) is 0 Å². The second-order valence-electron chi connectivity index (χ2n) is 4.94. The Hall–Kier alpha value is -0.690. The number of rotatable bonds is 6. The van der Waals surface area contributed by atoms with E-state index in [4.69, 9.17) is 0 Å². The average Bonchev–Trinajstić information content (AvgIpc) is 2.98. The van der Waals surface area contributed by atoms with E-state index in [-0.39, 0.29) is 11.8 Å². The molecule has 0 amide bonds. The number of nitrogens with zero attached hydrogens (tertiary/aromatic N) is 1. The van der Waals surface area contributed by atoms with Crippen LogP contribution in [-0.2, 0) is 9.84 Å². The van der Waals surface area contributed by atoms with E-state index in [0.717, 1.165) is 4.47 Å². The number of sulfone groups is 1.